The van der Waals surface area contributed by atoms with Gasteiger partial charge in [-0.05, 0) is 41.0 Å². The smallest absolute Gasteiger partial charge is 0.235 e. The molecule has 0 saturated carbocycles. The van der Waals surface area contributed by atoms with E-state index in [1.807, 2.05) is 24.3 Å². The average Bonchev–Trinajstić information content (AvgIpc) is 3.75. The van der Waals surface area contributed by atoms with Crippen LogP contribution in [0.5, 0.6) is 0 Å². The quantitative estimate of drug-likeness (QED) is 0.188. The monoisotopic (exact) mass is 639 g/mol. The Hall–Kier alpha value is -6.78. The summed E-state index contributed by atoms with van der Waals surface area (Å²) in [5.41, 5.74) is 12.1. The first kappa shape index (κ1) is 28.3. The number of hydrogen-bond acceptors (Lipinski definition) is 3. The lowest BCUT2D eigenvalue weighted by Crippen LogP contribution is -2.04. The summed E-state index contributed by atoms with van der Waals surface area (Å²) < 4.78 is 8.96. The van der Waals surface area contributed by atoms with Gasteiger partial charge in [-0.15, -0.1) is 0 Å². The van der Waals surface area contributed by atoms with Crippen LogP contribution in [0.2, 0.25) is 0 Å². The van der Waals surface area contributed by atoms with Gasteiger partial charge in [0.2, 0.25) is 5.95 Å². The van der Waals surface area contributed by atoms with Gasteiger partial charge in [-0.25, -0.2) is 9.97 Å². The van der Waals surface area contributed by atoms with E-state index in [1.54, 1.807) is 0 Å². The van der Waals surface area contributed by atoms with Crippen molar-refractivity contribution in [1.29, 1.82) is 0 Å². The Morgan fingerprint density at radius 1 is 0.420 bits per heavy atom. The summed E-state index contributed by atoms with van der Waals surface area (Å²) in [6, 6.07) is 61.3. The molecule has 4 nitrogen and oxygen atoms in total. The van der Waals surface area contributed by atoms with Crippen molar-refractivity contribution in [2.45, 2.75) is 0 Å². The van der Waals surface area contributed by atoms with Gasteiger partial charge >= 0.3 is 0 Å². The van der Waals surface area contributed by atoms with Crippen LogP contribution in [0.1, 0.15) is 0 Å². The minimum absolute atomic E-state index is 0.606. The summed E-state index contributed by atoms with van der Waals surface area (Å²) in [4.78, 5) is 10.6. The summed E-state index contributed by atoms with van der Waals surface area (Å²) >= 11 is 0. The van der Waals surface area contributed by atoms with Gasteiger partial charge in [0, 0.05) is 32.8 Å². The van der Waals surface area contributed by atoms with Crippen molar-refractivity contribution < 1.29 is 4.42 Å². The zero-order valence-corrected chi connectivity index (χ0v) is 27.0. The third-order valence-corrected chi connectivity index (χ3v) is 9.64. The number of nitrogens with zero attached hydrogens (tertiary/aromatic N) is 3. The molecule has 50 heavy (non-hydrogen) atoms. The van der Waals surface area contributed by atoms with Gasteiger partial charge in [-0.1, -0.05) is 152 Å². The average molecular weight is 640 g/mol. The topological polar surface area (TPSA) is 43.9 Å². The van der Waals surface area contributed by atoms with E-state index in [0.717, 1.165) is 77.4 Å². The van der Waals surface area contributed by atoms with E-state index in [9.17, 15) is 0 Å². The first-order valence-electron chi connectivity index (χ1n) is 16.8. The van der Waals surface area contributed by atoms with E-state index in [1.165, 1.54) is 11.1 Å². The van der Waals surface area contributed by atoms with Crippen LogP contribution in [0, 0.1) is 0 Å². The van der Waals surface area contributed by atoms with Crippen LogP contribution in [0.3, 0.4) is 0 Å². The lowest BCUT2D eigenvalue weighted by molar-refractivity contribution is 0.673. The Morgan fingerprint density at radius 3 is 1.60 bits per heavy atom. The van der Waals surface area contributed by atoms with Crippen molar-refractivity contribution in [2.24, 2.45) is 0 Å². The van der Waals surface area contributed by atoms with Gasteiger partial charge < -0.3 is 4.42 Å². The molecule has 0 unspecified atom stereocenters. The molecule has 234 valence electrons. The highest BCUT2D eigenvalue weighted by Gasteiger charge is 2.24. The molecular formula is C46H29N3O. The Kier molecular flexibility index (Phi) is 6.46. The second-order valence-electron chi connectivity index (χ2n) is 12.6. The largest absolute Gasteiger partial charge is 0.455 e. The van der Waals surface area contributed by atoms with Crippen molar-refractivity contribution >= 4 is 43.7 Å². The molecule has 3 heterocycles. The van der Waals surface area contributed by atoms with Crippen molar-refractivity contribution in [3.63, 3.8) is 0 Å². The van der Waals surface area contributed by atoms with Crippen molar-refractivity contribution in [3.05, 3.63) is 176 Å². The Labute approximate surface area is 288 Å². The van der Waals surface area contributed by atoms with Crippen LogP contribution < -0.4 is 0 Å². The molecule has 10 aromatic rings. The van der Waals surface area contributed by atoms with Crippen LogP contribution in [-0.4, -0.2) is 14.5 Å². The van der Waals surface area contributed by atoms with Crippen molar-refractivity contribution in [2.75, 3.05) is 0 Å². The summed E-state index contributed by atoms with van der Waals surface area (Å²) in [6.07, 6.45) is 0. The number of fused-ring (bicyclic) bond motifs is 7. The molecule has 0 aliphatic rings. The molecule has 0 N–H and O–H groups in total. The molecule has 0 saturated heterocycles. The molecule has 3 aromatic heterocycles. The Balaban J connectivity index is 1.33. The minimum Gasteiger partial charge on any atom is -0.455 e. The summed E-state index contributed by atoms with van der Waals surface area (Å²) in [6.45, 7) is 0. The second-order valence-corrected chi connectivity index (χ2v) is 12.6. The third-order valence-electron chi connectivity index (χ3n) is 9.64. The molecule has 0 bridgehead atoms. The highest BCUT2D eigenvalue weighted by Crippen LogP contribution is 2.45. The highest BCUT2D eigenvalue weighted by molar-refractivity contribution is 6.27. The fourth-order valence-electron chi connectivity index (χ4n) is 7.28. The van der Waals surface area contributed by atoms with Gasteiger partial charge in [0.25, 0.3) is 0 Å². The van der Waals surface area contributed by atoms with Gasteiger partial charge in [0.05, 0.1) is 27.8 Å². The molecule has 0 aliphatic heterocycles. The lowest BCUT2D eigenvalue weighted by Gasteiger charge is -2.14. The van der Waals surface area contributed by atoms with E-state index in [0.29, 0.717) is 5.95 Å². The zero-order valence-electron chi connectivity index (χ0n) is 27.0. The minimum atomic E-state index is 0.606. The number of hydrogen-bond donors (Lipinski definition) is 0. The number of benzene rings is 7. The highest BCUT2D eigenvalue weighted by atomic mass is 16.3. The van der Waals surface area contributed by atoms with Crippen molar-refractivity contribution in [3.8, 4) is 50.7 Å². The molecule has 4 heteroatoms. The fourth-order valence-corrected chi connectivity index (χ4v) is 7.28. The molecule has 10 rings (SSSR count). The van der Waals surface area contributed by atoms with E-state index in [4.69, 9.17) is 14.4 Å². The zero-order chi connectivity index (χ0) is 33.0. The maximum absolute atomic E-state index is 6.72. The summed E-state index contributed by atoms with van der Waals surface area (Å²) in [5.74, 6) is 0.606. The molecule has 0 amide bonds. The first-order chi connectivity index (χ1) is 24.8. The van der Waals surface area contributed by atoms with Gasteiger partial charge in [0.1, 0.15) is 11.2 Å². The standard InChI is InChI=1S/C46H29N3O/c1-4-14-30(15-5-1)31-24-26-32(27-25-31)37-28-38-35-20-11-13-23-42(35)50-45(38)43-36-21-10-12-22-41(36)49(44(37)43)46-47-39(33-16-6-2-7-17-33)29-40(48-46)34-18-8-3-9-19-34/h1-29H. The van der Waals surface area contributed by atoms with Crippen LogP contribution >= 0.6 is 0 Å². The number of rotatable bonds is 5. The number of aromatic nitrogens is 3. The second kappa shape index (κ2) is 11.4. The van der Waals surface area contributed by atoms with E-state index in [-0.39, 0.29) is 0 Å². The Bertz CT molecular complexity index is 2780. The maximum Gasteiger partial charge on any atom is 0.235 e. The lowest BCUT2D eigenvalue weighted by atomic mass is 9.96. The number of furan rings is 1. The predicted octanol–water partition coefficient (Wildman–Crippen LogP) is 12.1. The van der Waals surface area contributed by atoms with E-state index < -0.39 is 0 Å². The fraction of sp³-hybridized carbons (Fsp3) is 0. The van der Waals surface area contributed by atoms with Gasteiger partial charge in [-0.3, -0.25) is 4.57 Å². The van der Waals surface area contributed by atoms with Crippen LogP contribution in [-0.2, 0) is 0 Å². The first-order valence-corrected chi connectivity index (χ1v) is 16.8. The molecule has 0 radical (unpaired) electrons. The molecular weight excluding hydrogens is 611 g/mol. The van der Waals surface area contributed by atoms with Crippen molar-refractivity contribution in [1.82, 2.24) is 14.5 Å². The molecule has 0 aliphatic carbocycles. The summed E-state index contributed by atoms with van der Waals surface area (Å²) in [7, 11) is 0. The third kappa shape index (κ3) is 4.54. The van der Waals surface area contributed by atoms with Crippen LogP contribution in [0.4, 0.5) is 0 Å². The van der Waals surface area contributed by atoms with Gasteiger partial charge in [0.15, 0.2) is 0 Å². The van der Waals surface area contributed by atoms with E-state index >= 15 is 0 Å². The molecule has 0 fully saturated rings. The van der Waals surface area contributed by atoms with Gasteiger partial charge in [-0.2, -0.15) is 0 Å². The predicted molar refractivity (Wildman–Crippen MR) is 205 cm³/mol. The maximum atomic E-state index is 6.72. The molecule has 7 aromatic carbocycles. The number of para-hydroxylation sites is 2. The molecule has 0 spiro atoms. The normalized spacial score (nSPS) is 11.6. The molecule has 0 atom stereocenters. The Morgan fingerprint density at radius 2 is 0.940 bits per heavy atom. The van der Waals surface area contributed by atoms with Crippen LogP contribution in [0.25, 0.3) is 94.5 Å². The SMILES string of the molecule is c1ccc(-c2ccc(-c3cc4c5ccccc5oc4c4c5ccccc5n(-c5nc(-c6ccccc6)cc(-c6ccccc6)n5)c34)cc2)cc1. The van der Waals surface area contributed by atoms with E-state index in [2.05, 4.69) is 156 Å². The van der Waals surface area contributed by atoms with Crippen LogP contribution in [0.15, 0.2) is 180 Å². The summed E-state index contributed by atoms with van der Waals surface area (Å²) in [5, 5.41) is 4.31.